The van der Waals surface area contributed by atoms with E-state index in [0.717, 1.165) is 0 Å². The third-order valence-electron chi connectivity index (χ3n) is 3.63. The lowest BCUT2D eigenvalue weighted by Gasteiger charge is -2.17. The summed E-state index contributed by atoms with van der Waals surface area (Å²) in [6.45, 7) is 2.14. The van der Waals surface area contributed by atoms with Crippen LogP contribution in [-0.4, -0.2) is 30.0 Å². The first kappa shape index (κ1) is 17.9. The average Bonchev–Trinajstić information content (AvgIpc) is 2.47. The van der Waals surface area contributed by atoms with Crippen molar-refractivity contribution < 1.29 is 8.42 Å². The Hall–Kier alpha value is -1.44. The second kappa shape index (κ2) is 6.98. The first-order valence-corrected chi connectivity index (χ1v) is 9.80. The molecule has 0 bridgehead atoms. The molecule has 6 nitrogen and oxygen atoms in total. The van der Waals surface area contributed by atoms with E-state index in [1.165, 1.54) is 10.8 Å². The lowest BCUT2D eigenvalue weighted by Crippen LogP contribution is -2.30. The van der Waals surface area contributed by atoms with Crippen LogP contribution in [0.5, 0.6) is 0 Å². The highest BCUT2D eigenvalue weighted by Gasteiger charge is 2.17. The molecule has 0 aliphatic heterocycles. The third-order valence-corrected chi connectivity index (χ3v) is 4.98. The molecule has 1 unspecified atom stereocenters. The van der Waals surface area contributed by atoms with E-state index in [1.807, 2.05) is 6.92 Å². The van der Waals surface area contributed by atoms with Crippen molar-refractivity contribution in [1.29, 1.82) is 0 Å². The number of nitrogens with two attached hydrogens (primary N) is 1. The molecule has 1 aromatic carbocycles. The smallest absolute Gasteiger partial charge is 0.262 e. The highest BCUT2D eigenvalue weighted by molar-refractivity contribution is 7.90. The lowest BCUT2D eigenvalue weighted by atomic mass is 10.2. The van der Waals surface area contributed by atoms with E-state index < -0.39 is 15.9 Å². The zero-order valence-electron chi connectivity index (χ0n) is 13.1. The molecular formula is C15H20ClN3O3S. The first-order chi connectivity index (χ1) is 10.7. The molecule has 2 aromatic rings. The number of rotatable bonds is 6. The molecule has 126 valence electrons. The number of nitrogens with zero attached hydrogens (tertiary/aromatic N) is 2. The van der Waals surface area contributed by atoms with Crippen molar-refractivity contribution >= 4 is 32.3 Å². The van der Waals surface area contributed by atoms with Gasteiger partial charge in [0, 0.05) is 12.8 Å². The SMILES string of the molecule is CCC(N)c1nc2cccc(Cl)c2c(=O)n1CCCS(C)(=O)=O. The maximum atomic E-state index is 12.8. The molecule has 8 heteroatoms. The van der Waals surface area contributed by atoms with E-state index in [1.54, 1.807) is 18.2 Å². The molecule has 0 aliphatic carbocycles. The van der Waals surface area contributed by atoms with Gasteiger partial charge in [-0.1, -0.05) is 24.6 Å². The fourth-order valence-electron chi connectivity index (χ4n) is 2.41. The van der Waals surface area contributed by atoms with Crippen LogP contribution in [0.25, 0.3) is 10.9 Å². The minimum absolute atomic E-state index is 0.000796. The van der Waals surface area contributed by atoms with Gasteiger partial charge in [0.25, 0.3) is 5.56 Å². The Kier molecular flexibility index (Phi) is 5.44. The minimum Gasteiger partial charge on any atom is -0.321 e. The van der Waals surface area contributed by atoms with Gasteiger partial charge in [-0.15, -0.1) is 0 Å². The van der Waals surface area contributed by atoms with Crippen LogP contribution in [0.3, 0.4) is 0 Å². The van der Waals surface area contributed by atoms with Crippen molar-refractivity contribution in [3.8, 4) is 0 Å². The number of fused-ring (bicyclic) bond motifs is 1. The predicted octanol–water partition coefficient (Wildman–Crippen LogP) is 1.89. The third kappa shape index (κ3) is 4.10. The van der Waals surface area contributed by atoms with Gasteiger partial charge in [-0.25, -0.2) is 13.4 Å². The van der Waals surface area contributed by atoms with E-state index in [-0.39, 0.29) is 17.9 Å². The molecule has 0 spiro atoms. The van der Waals surface area contributed by atoms with Crippen molar-refractivity contribution in [3.05, 3.63) is 39.4 Å². The fraction of sp³-hybridized carbons (Fsp3) is 0.467. The molecule has 1 aromatic heterocycles. The normalized spacial score (nSPS) is 13.4. The van der Waals surface area contributed by atoms with E-state index in [2.05, 4.69) is 4.98 Å². The van der Waals surface area contributed by atoms with Gasteiger partial charge >= 0.3 is 0 Å². The van der Waals surface area contributed by atoms with Crippen LogP contribution in [0.4, 0.5) is 0 Å². The highest BCUT2D eigenvalue weighted by atomic mass is 35.5. The summed E-state index contributed by atoms with van der Waals surface area (Å²) in [5, 5.41) is 0.661. The molecule has 1 atom stereocenters. The summed E-state index contributed by atoms with van der Waals surface area (Å²) >= 11 is 6.13. The van der Waals surface area contributed by atoms with Crippen molar-refractivity contribution in [2.45, 2.75) is 32.4 Å². The molecule has 0 aliphatic rings. The Morgan fingerprint density at radius 3 is 2.70 bits per heavy atom. The second-order valence-electron chi connectivity index (χ2n) is 5.56. The van der Waals surface area contributed by atoms with Crippen molar-refractivity contribution in [3.63, 3.8) is 0 Å². The molecule has 0 amide bonds. The molecule has 0 saturated carbocycles. The van der Waals surface area contributed by atoms with Crippen LogP contribution in [0.1, 0.15) is 31.6 Å². The van der Waals surface area contributed by atoms with Gasteiger partial charge in [0.05, 0.1) is 27.7 Å². The number of hydrogen-bond donors (Lipinski definition) is 1. The van der Waals surface area contributed by atoms with Crippen LogP contribution in [-0.2, 0) is 16.4 Å². The molecule has 0 saturated heterocycles. The Balaban J connectivity index is 2.57. The molecule has 23 heavy (non-hydrogen) atoms. The number of benzene rings is 1. The Bertz CT molecular complexity index is 877. The molecule has 1 heterocycles. The van der Waals surface area contributed by atoms with E-state index >= 15 is 0 Å². The van der Waals surface area contributed by atoms with Gasteiger partial charge in [0.1, 0.15) is 15.7 Å². The topological polar surface area (TPSA) is 95.0 Å². The van der Waals surface area contributed by atoms with E-state index in [4.69, 9.17) is 17.3 Å². The summed E-state index contributed by atoms with van der Waals surface area (Å²) in [5.74, 6) is 0.460. The van der Waals surface area contributed by atoms with Crippen LogP contribution in [0.15, 0.2) is 23.0 Å². The van der Waals surface area contributed by atoms with Gasteiger partial charge in [-0.3, -0.25) is 9.36 Å². The zero-order chi connectivity index (χ0) is 17.2. The van der Waals surface area contributed by atoms with Crippen molar-refractivity contribution in [1.82, 2.24) is 9.55 Å². The minimum atomic E-state index is -3.09. The standard InChI is InChI=1S/C15H20ClN3O3S/c1-3-11(17)14-18-12-7-4-6-10(16)13(12)15(20)19(14)8-5-9-23(2,21)22/h4,6-7,11H,3,5,8-9,17H2,1-2H3. The average molecular weight is 358 g/mol. The fourth-order valence-corrected chi connectivity index (χ4v) is 3.31. The molecular weight excluding hydrogens is 338 g/mol. The summed E-state index contributed by atoms with van der Waals surface area (Å²) in [7, 11) is -3.09. The quantitative estimate of drug-likeness (QED) is 0.851. The Labute approximate surface area is 140 Å². The first-order valence-electron chi connectivity index (χ1n) is 7.37. The number of halogens is 1. The number of hydrogen-bond acceptors (Lipinski definition) is 5. The summed E-state index contributed by atoms with van der Waals surface area (Å²) in [5.41, 5.74) is 6.29. The van der Waals surface area contributed by atoms with Gasteiger partial charge < -0.3 is 5.73 Å². The van der Waals surface area contributed by atoms with Crippen molar-refractivity contribution in [2.24, 2.45) is 5.73 Å². The van der Waals surface area contributed by atoms with Gasteiger partial charge in [0.15, 0.2) is 0 Å². The second-order valence-corrected chi connectivity index (χ2v) is 8.23. The molecule has 2 N–H and O–H groups in total. The van der Waals surface area contributed by atoms with Gasteiger partial charge in [-0.05, 0) is 25.0 Å². The van der Waals surface area contributed by atoms with Crippen LogP contribution in [0.2, 0.25) is 5.02 Å². The summed E-state index contributed by atoms with van der Waals surface area (Å²) in [6.07, 6.45) is 2.11. The van der Waals surface area contributed by atoms with Crippen molar-refractivity contribution in [2.75, 3.05) is 12.0 Å². The molecule has 0 fully saturated rings. The largest absolute Gasteiger partial charge is 0.321 e. The monoisotopic (exact) mass is 357 g/mol. The highest BCUT2D eigenvalue weighted by Crippen LogP contribution is 2.21. The summed E-state index contributed by atoms with van der Waals surface area (Å²) in [6, 6.07) is 4.68. The van der Waals surface area contributed by atoms with E-state index in [0.29, 0.717) is 34.6 Å². The molecule has 2 rings (SSSR count). The zero-order valence-corrected chi connectivity index (χ0v) is 14.7. The Morgan fingerprint density at radius 2 is 2.09 bits per heavy atom. The van der Waals surface area contributed by atoms with E-state index in [9.17, 15) is 13.2 Å². The maximum absolute atomic E-state index is 12.8. The van der Waals surface area contributed by atoms with Gasteiger partial charge in [-0.2, -0.15) is 0 Å². The predicted molar refractivity (Wildman–Crippen MR) is 92.6 cm³/mol. The summed E-state index contributed by atoms with van der Waals surface area (Å²) in [4.78, 5) is 17.3. The maximum Gasteiger partial charge on any atom is 0.262 e. The Morgan fingerprint density at radius 1 is 1.39 bits per heavy atom. The van der Waals surface area contributed by atoms with Crippen LogP contribution in [0, 0.1) is 0 Å². The van der Waals surface area contributed by atoms with Crippen LogP contribution < -0.4 is 11.3 Å². The molecule has 0 radical (unpaired) electrons. The van der Waals surface area contributed by atoms with Crippen LogP contribution >= 0.6 is 11.6 Å². The van der Waals surface area contributed by atoms with Gasteiger partial charge in [0.2, 0.25) is 0 Å². The lowest BCUT2D eigenvalue weighted by molar-refractivity contribution is 0.538. The number of sulfone groups is 1. The summed E-state index contributed by atoms with van der Waals surface area (Å²) < 4.78 is 24.1. The number of aromatic nitrogens is 2.